The van der Waals surface area contributed by atoms with E-state index in [1.165, 1.54) is 0 Å². The molecule has 0 aliphatic heterocycles. The van der Waals surface area contributed by atoms with Gasteiger partial charge in [0.25, 0.3) is 5.91 Å². The van der Waals surface area contributed by atoms with Gasteiger partial charge in [-0.3, -0.25) is 4.79 Å². The van der Waals surface area contributed by atoms with Crippen LogP contribution in [0.2, 0.25) is 0 Å². The topological polar surface area (TPSA) is 55.1 Å². The number of hydrogen-bond donors (Lipinski definition) is 2. The summed E-state index contributed by atoms with van der Waals surface area (Å²) in [6.45, 7) is 7.90. The lowest BCUT2D eigenvalue weighted by molar-refractivity contribution is 0.0910. The molecule has 1 aromatic rings. The Hall–Kier alpha value is -1.03. The Bertz CT molecular complexity index is 441. The number of rotatable bonds is 3. The first-order valence-corrected chi connectivity index (χ1v) is 6.44. The van der Waals surface area contributed by atoms with E-state index in [4.69, 9.17) is 5.73 Å². The Morgan fingerprint density at radius 3 is 2.59 bits per heavy atom. The van der Waals surface area contributed by atoms with Crippen LogP contribution in [0.5, 0.6) is 0 Å². The van der Waals surface area contributed by atoms with Crippen molar-refractivity contribution in [3.05, 3.63) is 27.7 Å². The van der Waals surface area contributed by atoms with Crippen LogP contribution in [0.3, 0.4) is 0 Å². The minimum atomic E-state index is -0.208. The molecule has 0 spiro atoms. The zero-order valence-electron chi connectivity index (χ0n) is 10.7. The molecule has 3 N–H and O–H groups in total. The second-order valence-electron chi connectivity index (χ2n) is 4.86. The zero-order valence-corrected chi connectivity index (χ0v) is 12.3. The monoisotopic (exact) mass is 298 g/mol. The van der Waals surface area contributed by atoms with E-state index in [9.17, 15) is 4.79 Å². The Balaban J connectivity index is 3.05. The Morgan fingerprint density at radius 1 is 1.47 bits per heavy atom. The van der Waals surface area contributed by atoms with Crippen molar-refractivity contribution < 1.29 is 4.79 Å². The number of benzene rings is 1. The molecule has 0 radical (unpaired) electrons. The standard InChI is InChI=1S/C13H19BrN2O/c1-5-13(3,4)16-12(17)10-6-9(14)7-11(15)8(10)2/h6-7H,5,15H2,1-4H3,(H,16,17). The van der Waals surface area contributed by atoms with Gasteiger partial charge in [0.15, 0.2) is 0 Å². The van der Waals surface area contributed by atoms with Crippen molar-refractivity contribution in [3.63, 3.8) is 0 Å². The average molecular weight is 299 g/mol. The van der Waals surface area contributed by atoms with Crippen molar-refractivity contribution in [2.45, 2.75) is 39.7 Å². The Labute approximate surface area is 111 Å². The normalized spacial score (nSPS) is 11.4. The summed E-state index contributed by atoms with van der Waals surface area (Å²) in [6.07, 6.45) is 0.876. The van der Waals surface area contributed by atoms with Gasteiger partial charge in [0.05, 0.1) is 0 Å². The van der Waals surface area contributed by atoms with E-state index < -0.39 is 0 Å². The van der Waals surface area contributed by atoms with Crippen LogP contribution in [-0.2, 0) is 0 Å². The molecular formula is C13H19BrN2O. The van der Waals surface area contributed by atoms with Crippen LogP contribution >= 0.6 is 15.9 Å². The molecular weight excluding hydrogens is 280 g/mol. The lowest BCUT2D eigenvalue weighted by Gasteiger charge is -2.25. The van der Waals surface area contributed by atoms with Crippen molar-refractivity contribution in [3.8, 4) is 0 Å². The van der Waals surface area contributed by atoms with Crippen molar-refractivity contribution >= 4 is 27.5 Å². The molecule has 0 heterocycles. The highest BCUT2D eigenvalue weighted by Crippen LogP contribution is 2.23. The summed E-state index contributed by atoms with van der Waals surface area (Å²) in [5.41, 5.74) is 7.70. The third kappa shape index (κ3) is 3.46. The summed E-state index contributed by atoms with van der Waals surface area (Å²) in [4.78, 5) is 12.2. The molecule has 94 valence electrons. The van der Waals surface area contributed by atoms with Gasteiger partial charge in [-0.25, -0.2) is 0 Å². The summed E-state index contributed by atoms with van der Waals surface area (Å²) in [6, 6.07) is 3.60. The van der Waals surface area contributed by atoms with Crippen LogP contribution in [-0.4, -0.2) is 11.4 Å². The molecule has 3 nitrogen and oxygen atoms in total. The number of carbonyl (C=O) groups excluding carboxylic acids is 1. The minimum absolute atomic E-state index is 0.0812. The fourth-order valence-corrected chi connectivity index (χ4v) is 1.87. The zero-order chi connectivity index (χ0) is 13.2. The van der Waals surface area contributed by atoms with Gasteiger partial charge in [-0.15, -0.1) is 0 Å². The second-order valence-corrected chi connectivity index (χ2v) is 5.77. The highest BCUT2D eigenvalue weighted by molar-refractivity contribution is 9.10. The largest absolute Gasteiger partial charge is 0.398 e. The maximum absolute atomic E-state index is 12.2. The van der Waals surface area contributed by atoms with E-state index >= 15 is 0 Å². The molecule has 0 atom stereocenters. The van der Waals surface area contributed by atoms with E-state index in [1.807, 2.05) is 27.7 Å². The van der Waals surface area contributed by atoms with E-state index in [2.05, 4.69) is 21.2 Å². The summed E-state index contributed by atoms with van der Waals surface area (Å²) in [7, 11) is 0. The molecule has 0 fully saturated rings. The van der Waals surface area contributed by atoms with Crippen molar-refractivity contribution in [1.82, 2.24) is 5.32 Å². The Kier molecular flexibility index (Phi) is 4.20. The molecule has 0 bridgehead atoms. The lowest BCUT2D eigenvalue weighted by atomic mass is 10.00. The van der Waals surface area contributed by atoms with Gasteiger partial charge in [-0.05, 0) is 44.9 Å². The highest BCUT2D eigenvalue weighted by Gasteiger charge is 2.20. The van der Waals surface area contributed by atoms with E-state index in [0.717, 1.165) is 16.5 Å². The maximum atomic E-state index is 12.2. The Morgan fingerprint density at radius 2 is 2.06 bits per heavy atom. The minimum Gasteiger partial charge on any atom is -0.398 e. The molecule has 0 aliphatic rings. The van der Waals surface area contributed by atoms with Crippen LogP contribution in [0, 0.1) is 6.92 Å². The molecule has 0 unspecified atom stereocenters. The third-order valence-corrected chi connectivity index (χ3v) is 3.45. The molecule has 0 aromatic heterocycles. The van der Waals surface area contributed by atoms with Crippen LogP contribution in [0.1, 0.15) is 43.1 Å². The number of carbonyl (C=O) groups is 1. The summed E-state index contributed by atoms with van der Waals surface area (Å²) >= 11 is 3.35. The molecule has 4 heteroatoms. The third-order valence-electron chi connectivity index (χ3n) is 2.99. The van der Waals surface area contributed by atoms with Crippen LogP contribution < -0.4 is 11.1 Å². The quantitative estimate of drug-likeness (QED) is 0.842. The number of nitrogen functional groups attached to an aromatic ring is 1. The van der Waals surface area contributed by atoms with Gasteiger partial charge in [-0.2, -0.15) is 0 Å². The first-order chi connectivity index (χ1) is 7.76. The number of anilines is 1. The number of nitrogens with two attached hydrogens (primary N) is 1. The second kappa shape index (κ2) is 5.08. The summed E-state index contributed by atoms with van der Waals surface area (Å²) in [5, 5.41) is 3.00. The van der Waals surface area contributed by atoms with Gasteiger partial charge in [0.1, 0.15) is 0 Å². The fraction of sp³-hybridized carbons (Fsp3) is 0.462. The first-order valence-electron chi connectivity index (χ1n) is 5.65. The van der Waals surface area contributed by atoms with Crippen molar-refractivity contribution in [2.75, 3.05) is 5.73 Å². The van der Waals surface area contributed by atoms with Crippen LogP contribution in [0.25, 0.3) is 0 Å². The fourth-order valence-electron chi connectivity index (χ4n) is 1.40. The van der Waals surface area contributed by atoms with Gasteiger partial charge in [-0.1, -0.05) is 22.9 Å². The van der Waals surface area contributed by atoms with E-state index in [-0.39, 0.29) is 11.4 Å². The molecule has 0 saturated carbocycles. The van der Waals surface area contributed by atoms with Crippen molar-refractivity contribution in [2.24, 2.45) is 0 Å². The molecule has 0 saturated heterocycles. The predicted octanol–water partition coefficient (Wildman–Crippen LogP) is 3.26. The smallest absolute Gasteiger partial charge is 0.252 e. The van der Waals surface area contributed by atoms with Gasteiger partial charge >= 0.3 is 0 Å². The number of hydrogen-bond acceptors (Lipinski definition) is 2. The summed E-state index contributed by atoms with van der Waals surface area (Å²) in [5.74, 6) is -0.0812. The van der Waals surface area contributed by atoms with E-state index in [0.29, 0.717) is 11.3 Å². The van der Waals surface area contributed by atoms with Crippen LogP contribution in [0.15, 0.2) is 16.6 Å². The number of amides is 1. The van der Waals surface area contributed by atoms with Crippen LogP contribution in [0.4, 0.5) is 5.69 Å². The molecule has 1 rings (SSSR count). The first kappa shape index (κ1) is 14.0. The average Bonchev–Trinajstić information content (AvgIpc) is 2.22. The number of nitrogens with one attached hydrogen (secondary N) is 1. The van der Waals surface area contributed by atoms with E-state index in [1.54, 1.807) is 12.1 Å². The molecule has 1 amide bonds. The maximum Gasteiger partial charge on any atom is 0.252 e. The summed E-state index contributed by atoms with van der Waals surface area (Å²) < 4.78 is 0.819. The highest BCUT2D eigenvalue weighted by atomic mass is 79.9. The number of halogens is 1. The molecule has 1 aromatic carbocycles. The van der Waals surface area contributed by atoms with Crippen molar-refractivity contribution in [1.29, 1.82) is 0 Å². The van der Waals surface area contributed by atoms with Gasteiger partial charge in [0, 0.05) is 21.3 Å². The predicted molar refractivity (Wildman–Crippen MR) is 75.1 cm³/mol. The van der Waals surface area contributed by atoms with Gasteiger partial charge < -0.3 is 11.1 Å². The molecule has 0 aliphatic carbocycles. The van der Waals surface area contributed by atoms with Gasteiger partial charge in [0.2, 0.25) is 0 Å². The molecule has 17 heavy (non-hydrogen) atoms. The lowest BCUT2D eigenvalue weighted by Crippen LogP contribution is -2.43. The SMILES string of the molecule is CCC(C)(C)NC(=O)c1cc(Br)cc(N)c1C.